The van der Waals surface area contributed by atoms with Crippen molar-refractivity contribution in [3.63, 3.8) is 0 Å². The van der Waals surface area contributed by atoms with Gasteiger partial charge in [-0.2, -0.15) is 10.2 Å². The lowest BCUT2D eigenvalue weighted by molar-refractivity contribution is 0.0511. The Balaban J connectivity index is 0.000000185. The van der Waals surface area contributed by atoms with E-state index in [4.69, 9.17) is 9.47 Å². The molecular formula is C30H39BrN6O10S2. The average Bonchev–Trinajstić information content (AvgIpc) is 3.93. The molecule has 0 atom stereocenters. The number of H-pyrrole nitrogens is 1. The third-order valence-electron chi connectivity index (χ3n) is 8.56. The fourth-order valence-corrected chi connectivity index (χ4v) is 9.29. The van der Waals surface area contributed by atoms with Crippen LogP contribution in [0.5, 0.6) is 0 Å². The van der Waals surface area contributed by atoms with Crippen molar-refractivity contribution in [1.82, 2.24) is 29.1 Å². The van der Waals surface area contributed by atoms with E-state index in [1.807, 2.05) is 0 Å². The summed E-state index contributed by atoms with van der Waals surface area (Å²) in [6.07, 6.45) is 8.27. The molecule has 4 aromatic rings. The summed E-state index contributed by atoms with van der Waals surface area (Å²) >= 11 is 3.19. The fourth-order valence-electron chi connectivity index (χ4n) is 5.22. The molecule has 0 aliphatic heterocycles. The van der Waals surface area contributed by atoms with Crippen LogP contribution in [0, 0.1) is 0 Å². The number of aromatic nitrogens is 6. The van der Waals surface area contributed by atoms with Gasteiger partial charge < -0.3 is 19.0 Å². The van der Waals surface area contributed by atoms with Gasteiger partial charge >= 0.3 is 11.9 Å². The summed E-state index contributed by atoms with van der Waals surface area (Å²) in [6.45, 7) is 4.01. The normalized spacial score (nSPS) is 15.8. The maximum Gasteiger partial charge on any atom is 0.359 e. The Morgan fingerprint density at radius 1 is 0.837 bits per heavy atom. The van der Waals surface area contributed by atoms with Crippen molar-refractivity contribution >= 4 is 69.3 Å². The van der Waals surface area contributed by atoms with Crippen molar-refractivity contribution in [1.29, 1.82) is 0 Å². The average molecular weight is 788 g/mol. The van der Waals surface area contributed by atoms with Crippen molar-refractivity contribution < 1.29 is 35.9 Å². The van der Waals surface area contributed by atoms with E-state index < -0.39 is 36.4 Å². The molecule has 0 amide bonds. The van der Waals surface area contributed by atoms with Crippen molar-refractivity contribution in [2.75, 3.05) is 31.1 Å². The zero-order valence-corrected chi connectivity index (χ0v) is 31.2. The van der Waals surface area contributed by atoms with Gasteiger partial charge in [0.1, 0.15) is 11.0 Å². The van der Waals surface area contributed by atoms with Gasteiger partial charge in [-0.3, -0.25) is 19.0 Å². The smallest absolute Gasteiger partial charge is 0.359 e. The zero-order valence-electron chi connectivity index (χ0n) is 28.0. The lowest BCUT2D eigenvalue weighted by atomic mass is 10.2. The second-order valence-electron chi connectivity index (χ2n) is 12.0. The number of pyridine rings is 2. The zero-order chi connectivity index (χ0) is 36.5. The van der Waals surface area contributed by atoms with Gasteiger partial charge in [0.25, 0.3) is 11.1 Å². The number of nitrogens with zero attached hydrogens (tertiary/aromatic N) is 5. The van der Waals surface area contributed by atoms with Gasteiger partial charge in [-0.15, -0.1) is 0 Å². The lowest BCUT2D eigenvalue weighted by Gasteiger charge is -2.15. The van der Waals surface area contributed by atoms with E-state index in [9.17, 15) is 36.0 Å². The molecule has 1 N–H and O–H groups in total. The molecule has 2 saturated carbocycles. The summed E-state index contributed by atoms with van der Waals surface area (Å²) in [4.78, 5) is 50.3. The van der Waals surface area contributed by atoms with Crippen LogP contribution >= 0.6 is 15.9 Å². The Morgan fingerprint density at radius 2 is 1.31 bits per heavy atom. The van der Waals surface area contributed by atoms with Crippen molar-refractivity contribution in [3.8, 4) is 0 Å². The van der Waals surface area contributed by atoms with Gasteiger partial charge in [0.05, 0.1) is 22.7 Å². The summed E-state index contributed by atoms with van der Waals surface area (Å²) in [5, 5.41) is 9.58. The number of hydrogen-bond donors (Lipinski definition) is 1. The first kappa shape index (κ1) is 38.0. The maximum absolute atomic E-state index is 12.7. The van der Waals surface area contributed by atoms with E-state index in [2.05, 4.69) is 31.1 Å². The highest BCUT2D eigenvalue weighted by atomic mass is 79.9. The van der Waals surface area contributed by atoms with Gasteiger partial charge in [-0.05, 0) is 51.7 Å². The van der Waals surface area contributed by atoms with Gasteiger partial charge in [-0.1, -0.05) is 15.9 Å². The molecule has 16 nitrogen and oxygen atoms in total. The number of halogens is 1. The molecule has 4 heterocycles. The summed E-state index contributed by atoms with van der Waals surface area (Å²) in [5.41, 5.74) is 0.236. The molecule has 2 fully saturated rings. The molecule has 4 aromatic heterocycles. The minimum Gasteiger partial charge on any atom is -0.461 e. The quantitative estimate of drug-likeness (QED) is 0.190. The minimum absolute atomic E-state index is 0.0860. The molecule has 0 spiro atoms. The number of sulfone groups is 2. The van der Waals surface area contributed by atoms with E-state index in [0.717, 1.165) is 12.8 Å². The van der Waals surface area contributed by atoms with Crippen molar-refractivity contribution in [2.45, 2.75) is 55.6 Å². The molecule has 49 heavy (non-hydrogen) atoms. The topological polar surface area (TPSA) is 211 Å². The number of nitrogens with one attached hydrogen (secondary N) is 1. The predicted octanol–water partition coefficient (Wildman–Crippen LogP) is 1.89. The number of aromatic amines is 1. The molecule has 0 bridgehead atoms. The second-order valence-corrected chi connectivity index (χ2v) is 17.4. The maximum atomic E-state index is 12.7. The highest BCUT2D eigenvalue weighted by molar-refractivity contribution is 9.09. The van der Waals surface area contributed by atoms with E-state index in [1.54, 1.807) is 40.1 Å². The summed E-state index contributed by atoms with van der Waals surface area (Å²) in [7, 11) is -2.85. The molecule has 0 unspecified atom stereocenters. The first-order valence-electron chi connectivity index (χ1n) is 15.3. The first-order chi connectivity index (χ1) is 22.9. The molecular weight excluding hydrogens is 748 g/mol. The minimum atomic E-state index is -3.24. The number of carbonyl (C=O) groups excluding carboxylic acids is 2. The number of fused-ring (bicyclic) bond motifs is 2. The molecule has 0 radical (unpaired) electrons. The summed E-state index contributed by atoms with van der Waals surface area (Å²) in [6, 6.07) is 3.24. The van der Waals surface area contributed by atoms with Gasteiger partial charge in [0.2, 0.25) is 0 Å². The van der Waals surface area contributed by atoms with E-state index >= 15 is 0 Å². The third kappa shape index (κ3) is 7.67. The predicted molar refractivity (Wildman–Crippen MR) is 186 cm³/mol. The number of carbonyl (C=O) groups is 2. The second kappa shape index (κ2) is 14.2. The van der Waals surface area contributed by atoms with Crippen LogP contribution in [0.1, 0.15) is 60.5 Å². The van der Waals surface area contributed by atoms with Crippen LogP contribution in [0.15, 0.2) is 34.1 Å². The fraction of sp³-hybridized carbons (Fsp3) is 0.533. The highest BCUT2D eigenvalue weighted by Crippen LogP contribution is 2.45. The van der Waals surface area contributed by atoms with Crippen LogP contribution < -0.4 is 11.1 Å². The molecule has 0 aromatic carbocycles. The number of rotatable bonds is 9. The molecule has 19 heteroatoms. The van der Waals surface area contributed by atoms with Gasteiger partial charge in [0.15, 0.2) is 31.1 Å². The summed E-state index contributed by atoms with van der Waals surface area (Å²) < 4.78 is 58.4. The van der Waals surface area contributed by atoms with E-state index in [1.165, 1.54) is 38.8 Å². The number of ether oxygens (including phenoxy) is 2. The number of alkyl halides is 1. The lowest BCUT2D eigenvalue weighted by Crippen LogP contribution is -2.33. The Labute approximate surface area is 290 Å². The third-order valence-corrected chi connectivity index (χ3v) is 14.2. The Bertz CT molecular complexity index is 2250. The van der Waals surface area contributed by atoms with Crippen LogP contribution in [0.25, 0.3) is 21.8 Å². The SMILES string of the molecule is CCOC(=O)c1nn(C)c2c(=O)[nH]ccc12.CCOC(=O)c1nn(C)c2c(=O)n(CC3(S(C)(=O)=O)CC3)ccc12.CS(=O)(=O)C1(CBr)CC1. The van der Waals surface area contributed by atoms with Crippen LogP contribution in [-0.2, 0) is 49.8 Å². The molecule has 268 valence electrons. The standard InChI is InChI=1S/C15H19N3O5S.C10H11N3O3.C5H9BrO2S/c1-4-23-14(20)11-10-5-8-18(13(19)12(10)17(2)16-11)9-15(6-7-15)24(3,21)22;1-3-16-10(15)7-6-4-5-11-9(14)8(6)13(2)12-7;1-9(7,8)5(4-6)2-3-5/h5,8H,4,6-7,9H2,1-3H3;4-5H,3H2,1-2H3,(H,11,14);2-4H2,1H3. The Hall–Kier alpha value is -3.84. The Morgan fingerprint density at radius 3 is 1.71 bits per heavy atom. The molecule has 6 rings (SSSR count). The Kier molecular flexibility index (Phi) is 11.0. The monoisotopic (exact) mass is 786 g/mol. The highest BCUT2D eigenvalue weighted by Gasteiger charge is 2.52. The molecule has 0 saturated heterocycles. The number of hydrogen-bond acceptors (Lipinski definition) is 12. The van der Waals surface area contributed by atoms with E-state index in [0.29, 0.717) is 34.5 Å². The van der Waals surface area contributed by atoms with E-state index in [-0.39, 0.29) is 52.5 Å². The van der Waals surface area contributed by atoms with Crippen molar-refractivity contribution in [3.05, 3.63) is 56.6 Å². The molecule has 2 aliphatic rings. The van der Waals surface area contributed by atoms with Gasteiger partial charge in [0, 0.05) is 61.6 Å². The van der Waals surface area contributed by atoms with Crippen LogP contribution in [0.3, 0.4) is 0 Å². The first-order valence-corrected chi connectivity index (χ1v) is 20.2. The largest absolute Gasteiger partial charge is 0.461 e. The number of esters is 2. The number of aryl methyl sites for hydroxylation is 2. The van der Waals surface area contributed by atoms with Crippen LogP contribution in [0.4, 0.5) is 0 Å². The summed E-state index contributed by atoms with van der Waals surface area (Å²) in [5.74, 6) is -1.10. The van der Waals surface area contributed by atoms with Crippen LogP contribution in [0.2, 0.25) is 0 Å². The van der Waals surface area contributed by atoms with Gasteiger partial charge in [-0.25, -0.2) is 26.4 Å². The van der Waals surface area contributed by atoms with Crippen molar-refractivity contribution in [2.24, 2.45) is 14.1 Å². The van der Waals surface area contributed by atoms with Crippen LogP contribution in [-0.4, -0.2) is 98.4 Å². The molecule has 2 aliphatic carbocycles.